The van der Waals surface area contributed by atoms with Crippen molar-refractivity contribution < 1.29 is 28.8 Å². The van der Waals surface area contributed by atoms with Crippen molar-refractivity contribution in [2.75, 3.05) is 52.8 Å². The largest absolute Gasteiger partial charge is 0.469 e. The number of aryl methyl sites for hydroxylation is 1. The normalized spacial score (nSPS) is 15.2. The van der Waals surface area contributed by atoms with Crippen LogP contribution in [0, 0.1) is 0 Å². The van der Waals surface area contributed by atoms with Crippen molar-refractivity contribution in [3.05, 3.63) is 45.9 Å². The standard InChI is InChI=1S/C30H43N7O6/c1-4-5-16-43-29-33-27(31)26-28(34-29)37(30(40)32-26)15-7-14-36(24(38)19-35-13-6-8-23(35)20-41-2)18-22-11-9-21(10-12-22)17-25(39)42-3/h9-12,23H,4-8,13-20H2,1-3H3,(H,32,40)(H2,31,33,34)/p+1/t23-/m1/s1. The second-order valence-corrected chi connectivity index (χ2v) is 10.9. The van der Waals surface area contributed by atoms with Gasteiger partial charge in [-0.3, -0.25) is 19.5 Å². The number of anilines is 1. The van der Waals surface area contributed by atoms with Gasteiger partial charge in [0.25, 0.3) is 5.65 Å². The summed E-state index contributed by atoms with van der Waals surface area (Å²) in [5, 5.41) is 0. The van der Waals surface area contributed by atoms with E-state index in [1.54, 1.807) is 11.7 Å². The number of benzene rings is 1. The second kappa shape index (κ2) is 15.5. The van der Waals surface area contributed by atoms with E-state index in [-0.39, 0.29) is 41.9 Å². The molecule has 3 aromatic rings. The molecular weight excluding hydrogens is 554 g/mol. The number of aromatic nitrogens is 4. The van der Waals surface area contributed by atoms with Crippen molar-refractivity contribution in [3.63, 3.8) is 0 Å². The Balaban J connectivity index is 1.48. The Morgan fingerprint density at radius 3 is 2.67 bits per heavy atom. The summed E-state index contributed by atoms with van der Waals surface area (Å²) in [6, 6.07) is 8.10. The highest BCUT2D eigenvalue weighted by atomic mass is 16.5. The molecule has 3 heterocycles. The maximum Gasteiger partial charge on any atom is 0.433 e. The van der Waals surface area contributed by atoms with Crippen LogP contribution in [0.2, 0.25) is 0 Å². The number of methoxy groups -OCH3 is 2. The minimum atomic E-state index is -0.316. The van der Waals surface area contributed by atoms with Gasteiger partial charge in [-0.1, -0.05) is 37.6 Å². The van der Waals surface area contributed by atoms with Gasteiger partial charge in [0.1, 0.15) is 0 Å². The fourth-order valence-electron chi connectivity index (χ4n) is 5.37. The Bertz CT molecular complexity index is 1420. The number of ether oxygens (including phenoxy) is 3. The summed E-state index contributed by atoms with van der Waals surface area (Å²) in [7, 11) is 3.05. The van der Waals surface area contributed by atoms with Crippen molar-refractivity contribution in [1.29, 1.82) is 0 Å². The van der Waals surface area contributed by atoms with Gasteiger partial charge in [0.2, 0.25) is 11.7 Å². The monoisotopic (exact) mass is 598 g/mol. The summed E-state index contributed by atoms with van der Waals surface area (Å²) < 4.78 is 17.4. The SMILES string of the molecule is CCCCOc1nc(N)c2[nH]c(=O)n(CCCN(Cc3ccc(CC(=O)OC)cc3)C(=O)CN3CCC[C@@H]3COC)c2[nH+]1. The number of likely N-dealkylation sites (tertiary alicyclic amines) is 1. The van der Waals surface area contributed by atoms with Gasteiger partial charge < -0.3 is 24.8 Å². The van der Waals surface area contributed by atoms with E-state index in [1.165, 1.54) is 7.11 Å². The van der Waals surface area contributed by atoms with Crippen LogP contribution in [-0.4, -0.2) is 89.3 Å². The summed E-state index contributed by atoms with van der Waals surface area (Å²) >= 11 is 0. The Hall–Kier alpha value is -3.97. The van der Waals surface area contributed by atoms with Crippen LogP contribution in [0.25, 0.3) is 11.2 Å². The number of carbonyl (C=O) groups excluding carboxylic acids is 2. The van der Waals surface area contributed by atoms with Crippen LogP contribution in [0.15, 0.2) is 29.1 Å². The molecule has 4 rings (SSSR count). The van der Waals surface area contributed by atoms with Crippen molar-refractivity contribution in [1.82, 2.24) is 24.3 Å². The van der Waals surface area contributed by atoms with E-state index in [4.69, 9.17) is 19.9 Å². The molecule has 1 saturated heterocycles. The predicted molar refractivity (Wildman–Crippen MR) is 160 cm³/mol. The van der Waals surface area contributed by atoms with Crippen molar-refractivity contribution >= 4 is 28.9 Å². The molecule has 1 aromatic carbocycles. The summed E-state index contributed by atoms with van der Waals surface area (Å²) in [5.74, 6) is -0.109. The third-order valence-corrected chi connectivity index (χ3v) is 7.76. The maximum atomic E-state index is 13.7. The number of aromatic amines is 2. The van der Waals surface area contributed by atoms with Crippen molar-refractivity contribution in [3.8, 4) is 6.01 Å². The summed E-state index contributed by atoms with van der Waals surface area (Å²) in [5.41, 5.74) is 8.51. The number of amides is 1. The molecule has 0 radical (unpaired) electrons. The van der Waals surface area contributed by atoms with Gasteiger partial charge in [0.15, 0.2) is 5.52 Å². The first-order chi connectivity index (χ1) is 20.8. The molecule has 234 valence electrons. The molecule has 0 bridgehead atoms. The molecule has 1 aliphatic heterocycles. The Morgan fingerprint density at radius 2 is 1.95 bits per heavy atom. The molecule has 0 aliphatic carbocycles. The van der Waals surface area contributed by atoms with Crippen LogP contribution in [0.3, 0.4) is 0 Å². The fraction of sp³-hybridized carbons (Fsp3) is 0.567. The van der Waals surface area contributed by atoms with Crippen molar-refractivity contribution in [2.24, 2.45) is 0 Å². The van der Waals surface area contributed by atoms with Gasteiger partial charge in [-0.25, -0.2) is 14.3 Å². The molecule has 1 fully saturated rings. The number of rotatable bonds is 16. The van der Waals surface area contributed by atoms with E-state index >= 15 is 0 Å². The molecular formula is C30H44N7O6+. The summed E-state index contributed by atoms with van der Waals surface area (Å²) in [6.07, 6.45) is 4.61. The van der Waals surface area contributed by atoms with Crippen LogP contribution < -0.4 is 21.1 Å². The number of carbonyl (C=O) groups is 2. The van der Waals surface area contributed by atoms with Crippen LogP contribution in [0.4, 0.5) is 5.82 Å². The molecule has 1 aliphatic rings. The number of nitrogens with one attached hydrogen (secondary N) is 2. The van der Waals surface area contributed by atoms with Crippen molar-refractivity contribution in [2.45, 2.75) is 64.6 Å². The molecule has 2 aromatic heterocycles. The van der Waals surface area contributed by atoms with Crippen LogP contribution in [0.1, 0.15) is 50.2 Å². The lowest BCUT2D eigenvalue weighted by Gasteiger charge is -2.28. The Kier molecular flexibility index (Phi) is 11.5. The van der Waals surface area contributed by atoms with E-state index in [1.807, 2.05) is 29.2 Å². The van der Waals surface area contributed by atoms with Crippen LogP contribution >= 0.6 is 0 Å². The quantitative estimate of drug-likeness (QED) is 0.184. The Morgan fingerprint density at radius 1 is 1.19 bits per heavy atom. The van der Waals surface area contributed by atoms with E-state index in [2.05, 4.69) is 26.8 Å². The van der Waals surface area contributed by atoms with Gasteiger partial charge >= 0.3 is 17.7 Å². The van der Waals surface area contributed by atoms with Gasteiger partial charge in [0, 0.05) is 26.2 Å². The molecule has 43 heavy (non-hydrogen) atoms. The van der Waals surface area contributed by atoms with Crippen LogP contribution in [0.5, 0.6) is 6.01 Å². The number of hydrogen-bond donors (Lipinski definition) is 2. The van der Waals surface area contributed by atoms with Gasteiger partial charge in [0.05, 0.1) is 39.8 Å². The van der Waals surface area contributed by atoms with E-state index in [9.17, 15) is 14.4 Å². The zero-order valence-corrected chi connectivity index (χ0v) is 25.4. The lowest BCUT2D eigenvalue weighted by atomic mass is 10.1. The predicted octanol–water partition coefficient (Wildman–Crippen LogP) is 1.55. The van der Waals surface area contributed by atoms with Gasteiger partial charge in [-0.2, -0.15) is 0 Å². The minimum absolute atomic E-state index is 0.0135. The first-order valence-corrected chi connectivity index (χ1v) is 14.9. The molecule has 13 heteroatoms. The highest BCUT2D eigenvalue weighted by Crippen LogP contribution is 2.19. The number of nitrogens with two attached hydrogens (primary N) is 1. The molecule has 1 amide bonds. The van der Waals surface area contributed by atoms with E-state index < -0.39 is 0 Å². The van der Waals surface area contributed by atoms with E-state index in [0.717, 1.165) is 43.4 Å². The zero-order chi connectivity index (χ0) is 30.8. The summed E-state index contributed by atoms with van der Waals surface area (Å²) in [6.45, 7) is 5.50. The molecule has 4 N–H and O–H groups in total. The smallest absolute Gasteiger partial charge is 0.433 e. The Labute approximate surface area is 251 Å². The molecule has 0 saturated carbocycles. The average molecular weight is 599 g/mol. The number of hydrogen-bond acceptors (Lipinski definition) is 9. The van der Waals surface area contributed by atoms with Gasteiger partial charge in [-0.05, 0) is 48.3 Å². The average Bonchev–Trinajstić information content (AvgIpc) is 3.56. The topological polar surface area (TPSA) is 159 Å². The number of H-pyrrole nitrogens is 2. The lowest BCUT2D eigenvalue weighted by molar-refractivity contribution is -0.372. The number of nitrogens with zero attached hydrogens (tertiary/aromatic N) is 4. The third kappa shape index (κ3) is 8.54. The minimum Gasteiger partial charge on any atom is -0.469 e. The number of fused-ring (bicyclic) bond motifs is 1. The number of esters is 1. The molecule has 1 atom stereocenters. The maximum absolute atomic E-state index is 13.7. The van der Waals surface area contributed by atoms with E-state index in [0.29, 0.717) is 57.0 Å². The van der Waals surface area contributed by atoms with Gasteiger partial charge in [-0.15, -0.1) is 0 Å². The highest BCUT2D eigenvalue weighted by molar-refractivity contribution is 5.79. The number of imidazole rings is 1. The van der Waals surface area contributed by atoms with Crippen LogP contribution in [-0.2, 0) is 38.6 Å². The number of nitrogen functional groups attached to an aromatic ring is 1. The third-order valence-electron chi connectivity index (χ3n) is 7.76. The zero-order valence-electron chi connectivity index (χ0n) is 25.4. The number of unbranched alkanes of at least 4 members (excludes halogenated alkanes) is 1. The summed E-state index contributed by atoms with van der Waals surface area (Å²) in [4.78, 5) is 52.3. The molecule has 13 nitrogen and oxygen atoms in total. The highest BCUT2D eigenvalue weighted by Gasteiger charge is 2.28. The second-order valence-electron chi connectivity index (χ2n) is 10.9. The first-order valence-electron chi connectivity index (χ1n) is 14.9. The molecule has 0 spiro atoms. The first kappa shape index (κ1) is 32.0. The lowest BCUT2D eigenvalue weighted by Crippen LogP contribution is -2.43. The fourth-order valence-corrected chi connectivity index (χ4v) is 5.37. The molecule has 0 unspecified atom stereocenters.